The molecule has 3 rings (SSSR count). The predicted octanol–water partition coefficient (Wildman–Crippen LogP) is 2.23. The Balaban J connectivity index is 2.15. The van der Waals surface area contributed by atoms with Crippen LogP contribution in [0.25, 0.3) is 22.4 Å². The molecule has 20 heavy (non-hydrogen) atoms. The molecule has 0 saturated carbocycles. The van der Waals surface area contributed by atoms with Crippen LogP contribution in [0.4, 0.5) is 0 Å². The number of nitrogens with two attached hydrogens (primary N) is 1. The van der Waals surface area contributed by atoms with Crippen LogP contribution in [-0.4, -0.2) is 21.2 Å². The van der Waals surface area contributed by atoms with Crippen molar-refractivity contribution in [3.05, 3.63) is 54.1 Å². The number of imidazole rings is 1. The molecule has 102 valence electrons. The van der Waals surface area contributed by atoms with E-state index in [-0.39, 0.29) is 6.54 Å². The second-order valence-electron chi connectivity index (χ2n) is 4.86. The molecule has 1 unspecified atom stereocenters. The summed E-state index contributed by atoms with van der Waals surface area (Å²) < 4.78 is 2.06. The molecule has 0 aliphatic rings. The molecule has 0 aliphatic carbocycles. The fourth-order valence-electron chi connectivity index (χ4n) is 2.41. The molecule has 0 radical (unpaired) electrons. The molecule has 4 heteroatoms. The minimum Gasteiger partial charge on any atom is -0.387 e. The van der Waals surface area contributed by atoms with Crippen molar-refractivity contribution in [2.75, 3.05) is 6.54 Å². The first-order valence-electron chi connectivity index (χ1n) is 6.60. The summed E-state index contributed by atoms with van der Waals surface area (Å²) in [5.74, 6) is 0.917. The SMILES string of the molecule is Cn1c(-c2ccccc2)nc2cc(C(O)CN)ccc21. The third-order valence-electron chi connectivity index (χ3n) is 3.54. The molecule has 2 aromatic carbocycles. The van der Waals surface area contributed by atoms with Gasteiger partial charge in [0.15, 0.2) is 0 Å². The zero-order valence-electron chi connectivity index (χ0n) is 11.3. The molecule has 0 saturated heterocycles. The van der Waals surface area contributed by atoms with Gasteiger partial charge in [0.25, 0.3) is 0 Å². The fraction of sp³-hybridized carbons (Fsp3) is 0.188. The van der Waals surface area contributed by atoms with Crippen molar-refractivity contribution in [2.45, 2.75) is 6.10 Å². The zero-order valence-corrected chi connectivity index (χ0v) is 11.3. The summed E-state index contributed by atoms with van der Waals surface area (Å²) in [5, 5.41) is 9.82. The van der Waals surface area contributed by atoms with Crippen molar-refractivity contribution in [1.82, 2.24) is 9.55 Å². The minimum atomic E-state index is -0.637. The number of benzene rings is 2. The number of aliphatic hydroxyl groups is 1. The van der Waals surface area contributed by atoms with E-state index in [4.69, 9.17) is 5.73 Å². The Kier molecular flexibility index (Phi) is 3.26. The van der Waals surface area contributed by atoms with Crippen molar-refractivity contribution in [2.24, 2.45) is 12.8 Å². The maximum Gasteiger partial charge on any atom is 0.140 e. The molecule has 3 N–H and O–H groups in total. The van der Waals surface area contributed by atoms with Gasteiger partial charge in [-0.2, -0.15) is 0 Å². The summed E-state index contributed by atoms with van der Waals surface area (Å²) in [4.78, 5) is 4.67. The van der Waals surface area contributed by atoms with Crippen LogP contribution in [0, 0.1) is 0 Å². The van der Waals surface area contributed by atoms with Crippen molar-refractivity contribution >= 4 is 11.0 Å². The van der Waals surface area contributed by atoms with E-state index in [1.54, 1.807) is 0 Å². The monoisotopic (exact) mass is 267 g/mol. The Morgan fingerprint density at radius 2 is 1.95 bits per heavy atom. The summed E-state index contributed by atoms with van der Waals surface area (Å²) in [6, 6.07) is 15.8. The fourth-order valence-corrected chi connectivity index (χ4v) is 2.41. The Labute approximate surface area is 117 Å². The number of hydrogen-bond donors (Lipinski definition) is 2. The molecule has 4 nitrogen and oxygen atoms in total. The smallest absolute Gasteiger partial charge is 0.140 e. The standard InChI is InChI=1S/C16H17N3O/c1-19-14-8-7-12(15(20)10-17)9-13(14)18-16(19)11-5-3-2-4-6-11/h2-9,15,20H,10,17H2,1H3. The molecule has 1 atom stereocenters. The van der Waals surface area contributed by atoms with Gasteiger partial charge in [-0.1, -0.05) is 36.4 Å². The molecular weight excluding hydrogens is 250 g/mol. The Morgan fingerprint density at radius 3 is 2.65 bits per heavy atom. The molecule has 1 heterocycles. The van der Waals surface area contributed by atoms with E-state index in [1.807, 2.05) is 55.6 Å². The highest BCUT2D eigenvalue weighted by Gasteiger charge is 2.12. The molecule has 1 aromatic heterocycles. The Bertz CT molecular complexity index is 734. The highest BCUT2D eigenvalue weighted by Crippen LogP contribution is 2.25. The highest BCUT2D eigenvalue weighted by molar-refractivity contribution is 5.81. The lowest BCUT2D eigenvalue weighted by molar-refractivity contribution is 0.187. The van der Waals surface area contributed by atoms with Gasteiger partial charge < -0.3 is 15.4 Å². The van der Waals surface area contributed by atoms with Gasteiger partial charge >= 0.3 is 0 Å². The van der Waals surface area contributed by atoms with E-state index in [0.717, 1.165) is 28.0 Å². The maximum atomic E-state index is 9.82. The van der Waals surface area contributed by atoms with Crippen LogP contribution in [0.3, 0.4) is 0 Å². The summed E-state index contributed by atoms with van der Waals surface area (Å²) in [6.45, 7) is 0.212. The average Bonchev–Trinajstić information content (AvgIpc) is 2.84. The van der Waals surface area contributed by atoms with Gasteiger partial charge in [-0.05, 0) is 17.7 Å². The lowest BCUT2D eigenvalue weighted by Gasteiger charge is -2.07. The minimum absolute atomic E-state index is 0.212. The van der Waals surface area contributed by atoms with Crippen LogP contribution in [0.15, 0.2) is 48.5 Å². The van der Waals surface area contributed by atoms with Crippen molar-refractivity contribution in [1.29, 1.82) is 0 Å². The molecule has 0 amide bonds. The van der Waals surface area contributed by atoms with E-state index in [1.165, 1.54) is 0 Å². The number of fused-ring (bicyclic) bond motifs is 1. The lowest BCUT2D eigenvalue weighted by Crippen LogP contribution is -2.11. The second-order valence-corrected chi connectivity index (χ2v) is 4.86. The first-order valence-corrected chi connectivity index (χ1v) is 6.60. The number of aromatic nitrogens is 2. The Morgan fingerprint density at radius 1 is 1.20 bits per heavy atom. The number of aryl methyl sites for hydroxylation is 1. The molecule has 0 bridgehead atoms. The summed E-state index contributed by atoms with van der Waals surface area (Å²) in [6.07, 6.45) is -0.637. The normalized spacial score (nSPS) is 12.8. The molecule has 0 fully saturated rings. The first-order chi connectivity index (χ1) is 9.70. The summed E-state index contributed by atoms with van der Waals surface area (Å²) >= 11 is 0. The van der Waals surface area contributed by atoms with Crippen molar-refractivity contribution in [3.63, 3.8) is 0 Å². The van der Waals surface area contributed by atoms with E-state index >= 15 is 0 Å². The van der Waals surface area contributed by atoms with Crippen molar-refractivity contribution < 1.29 is 5.11 Å². The third-order valence-corrected chi connectivity index (χ3v) is 3.54. The van der Waals surface area contributed by atoms with Gasteiger partial charge in [-0.3, -0.25) is 0 Å². The van der Waals surface area contributed by atoms with Crippen LogP contribution < -0.4 is 5.73 Å². The number of hydrogen-bond acceptors (Lipinski definition) is 3. The zero-order chi connectivity index (χ0) is 14.1. The van der Waals surface area contributed by atoms with Gasteiger partial charge in [0, 0.05) is 19.2 Å². The van der Waals surface area contributed by atoms with Crippen LogP contribution >= 0.6 is 0 Å². The quantitative estimate of drug-likeness (QED) is 0.765. The second kappa shape index (κ2) is 5.07. The van der Waals surface area contributed by atoms with Gasteiger partial charge in [0.1, 0.15) is 5.82 Å². The maximum absolute atomic E-state index is 9.82. The van der Waals surface area contributed by atoms with E-state index in [0.29, 0.717) is 0 Å². The van der Waals surface area contributed by atoms with Crippen LogP contribution in [-0.2, 0) is 7.05 Å². The first kappa shape index (κ1) is 12.8. The van der Waals surface area contributed by atoms with Crippen LogP contribution in [0.1, 0.15) is 11.7 Å². The summed E-state index contributed by atoms with van der Waals surface area (Å²) in [5.41, 5.74) is 9.29. The van der Waals surface area contributed by atoms with Gasteiger partial charge in [-0.25, -0.2) is 4.98 Å². The predicted molar refractivity (Wildman–Crippen MR) is 80.2 cm³/mol. The van der Waals surface area contributed by atoms with E-state index in [2.05, 4.69) is 9.55 Å². The highest BCUT2D eigenvalue weighted by atomic mass is 16.3. The van der Waals surface area contributed by atoms with E-state index in [9.17, 15) is 5.11 Å². The van der Waals surface area contributed by atoms with Gasteiger partial charge in [0.2, 0.25) is 0 Å². The summed E-state index contributed by atoms with van der Waals surface area (Å²) in [7, 11) is 2.00. The molecule has 0 aliphatic heterocycles. The molecule has 3 aromatic rings. The number of nitrogens with zero attached hydrogens (tertiary/aromatic N) is 2. The molecule has 0 spiro atoms. The van der Waals surface area contributed by atoms with E-state index < -0.39 is 6.10 Å². The van der Waals surface area contributed by atoms with Crippen LogP contribution in [0.5, 0.6) is 0 Å². The van der Waals surface area contributed by atoms with Crippen LogP contribution in [0.2, 0.25) is 0 Å². The Hall–Kier alpha value is -2.17. The van der Waals surface area contributed by atoms with Crippen molar-refractivity contribution in [3.8, 4) is 11.4 Å². The van der Waals surface area contributed by atoms with Gasteiger partial charge in [0.05, 0.1) is 17.1 Å². The largest absolute Gasteiger partial charge is 0.387 e. The molecular formula is C16H17N3O. The van der Waals surface area contributed by atoms with Gasteiger partial charge in [-0.15, -0.1) is 0 Å². The number of aliphatic hydroxyl groups excluding tert-OH is 1. The number of rotatable bonds is 3. The average molecular weight is 267 g/mol. The third kappa shape index (κ3) is 2.09. The lowest BCUT2D eigenvalue weighted by atomic mass is 10.1. The topological polar surface area (TPSA) is 64.1 Å².